The number of nitrogens with zero attached hydrogens (tertiary/aromatic N) is 3. The lowest BCUT2D eigenvalue weighted by Gasteiger charge is -2.15. The Kier molecular flexibility index (Phi) is 7.80. The average molecular weight is 421 g/mol. The summed E-state index contributed by atoms with van der Waals surface area (Å²) in [6, 6.07) is 7.39. The number of hydrogen-bond donors (Lipinski definition) is 3. The van der Waals surface area contributed by atoms with E-state index in [-0.39, 0.29) is 11.8 Å². The van der Waals surface area contributed by atoms with Crippen molar-refractivity contribution in [3.05, 3.63) is 52.3 Å². The Morgan fingerprint density at radius 3 is 2.31 bits per heavy atom. The van der Waals surface area contributed by atoms with Crippen LogP contribution in [0.25, 0.3) is 0 Å². The molecule has 0 unspecified atom stereocenters. The molecule has 0 aliphatic rings. The van der Waals surface area contributed by atoms with Crippen molar-refractivity contribution in [3.63, 3.8) is 0 Å². The molecule has 1 aromatic heterocycles. The van der Waals surface area contributed by atoms with Crippen molar-refractivity contribution in [2.75, 3.05) is 7.05 Å². The Bertz CT molecular complexity index is 963. The van der Waals surface area contributed by atoms with E-state index in [1.165, 1.54) is 0 Å². The van der Waals surface area contributed by atoms with Gasteiger partial charge >= 0.3 is 0 Å². The third kappa shape index (κ3) is 6.57. The first kappa shape index (κ1) is 22.9. The quantitative estimate of drug-likeness (QED) is 0.446. The van der Waals surface area contributed by atoms with E-state index in [2.05, 4.69) is 25.4 Å². The van der Waals surface area contributed by atoms with Crippen LogP contribution in [0.2, 0.25) is 0 Å². The molecule has 0 aliphatic carbocycles. The molecule has 0 spiro atoms. The van der Waals surface area contributed by atoms with Crippen molar-refractivity contribution in [1.29, 1.82) is 0 Å². The maximum absolute atomic E-state index is 12.3. The van der Waals surface area contributed by atoms with Gasteiger partial charge in [-0.1, -0.05) is 24.3 Å². The van der Waals surface area contributed by atoms with Crippen molar-refractivity contribution in [1.82, 2.24) is 25.1 Å². The lowest BCUT2D eigenvalue weighted by Crippen LogP contribution is -2.37. The zero-order valence-electron chi connectivity index (χ0n) is 18.1. The van der Waals surface area contributed by atoms with Gasteiger partial charge in [0.25, 0.3) is 0 Å². The SMILES string of the molecule is CN=C(NCc1ccccc1CS(=O)(=O)NC(C)C)NCc1c(C)nn(C)c1C. The molecule has 9 heteroatoms. The van der Waals surface area contributed by atoms with Crippen molar-refractivity contribution in [2.45, 2.75) is 52.6 Å². The van der Waals surface area contributed by atoms with E-state index in [1.54, 1.807) is 7.05 Å². The minimum atomic E-state index is -3.39. The molecule has 1 aromatic carbocycles. The van der Waals surface area contributed by atoms with E-state index in [1.807, 2.05) is 63.7 Å². The fourth-order valence-corrected chi connectivity index (χ4v) is 4.61. The van der Waals surface area contributed by atoms with E-state index in [0.717, 1.165) is 28.1 Å². The van der Waals surface area contributed by atoms with E-state index < -0.39 is 10.0 Å². The molecule has 29 heavy (non-hydrogen) atoms. The summed E-state index contributed by atoms with van der Waals surface area (Å²) in [7, 11) is 0.251. The molecule has 0 fully saturated rings. The Morgan fingerprint density at radius 2 is 1.76 bits per heavy atom. The molecule has 0 radical (unpaired) electrons. The second-order valence-corrected chi connectivity index (χ2v) is 9.11. The molecular weight excluding hydrogens is 388 g/mol. The zero-order valence-corrected chi connectivity index (χ0v) is 18.9. The highest BCUT2D eigenvalue weighted by atomic mass is 32.2. The topological polar surface area (TPSA) is 100 Å². The van der Waals surface area contributed by atoms with Crippen LogP contribution in [0.1, 0.15) is 41.9 Å². The van der Waals surface area contributed by atoms with Gasteiger partial charge in [0.05, 0.1) is 11.4 Å². The summed E-state index contributed by atoms with van der Waals surface area (Å²) in [6.07, 6.45) is 0. The lowest BCUT2D eigenvalue weighted by molar-refractivity contribution is 0.568. The zero-order chi connectivity index (χ0) is 21.6. The number of guanidine groups is 1. The monoisotopic (exact) mass is 420 g/mol. The predicted octanol–water partition coefficient (Wildman–Crippen LogP) is 1.73. The Balaban J connectivity index is 2.03. The van der Waals surface area contributed by atoms with Crippen LogP contribution in [0.4, 0.5) is 0 Å². The molecular formula is C20H32N6O2S. The van der Waals surface area contributed by atoms with Crippen molar-refractivity contribution >= 4 is 16.0 Å². The highest BCUT2D eigenvalue weighted by Crippen LogP contribution is 2.13. The number of aromatic nitrogens is 2. The first-order valence-corrected chi connectivity index (χ1v) is 11.3. The van der Waals surface area contributed by atoms with Gasteiger partial charge in [0.15, 0.2) is 5.96 Å². The molecule has 2 rings (SSSR count). The number of benzene rings is 1. The molecule has 8 nitrogen and oxygen atoms in total. The van der Waals surface area contributed by atoms with Crippen LogP contribution in [0, 0.1) is 13.8 Å². The van der Waals surface area contributed by atoms with E-state index in [9.17, 15) is 8.42 Å². The summed E-state index contributed by atoms with van der Waals surface area (Å²) in [5, 5.41) is 11.0. The number of hydrogen-bond acceptors (Lipinski definition) is 4. The highest BCUT2D eigenvalue weighted by molar-refractivity contribution is 7.88. The van der Waals surface area contributed by atoms with Gasteiger partial charge in [-0.2, -0.15) is 5.10 Å². The highest BCUT2D eigenvalue weighted by Gasteiger charge is 2.15. The summed E-state index contributed by atoms with van der Waals surface area (Å²) in [5.41, 5.74) is 4.92. The minimum absolute atomic E-state index is 0.0524. The van der Waals surface area contributed by atoms with Gasteiger partial charge in [-0.3, -0.25) is 9.67 Å². The number of aliphatic imine (C=N–C) groups is 1. The first-order valence-electron chi connectivity index (χ1n) is 9.63. The molecule has 0 saturated heterocycles. The van der Waals surface area contributed by atoms with Crippen LogP contribution >= 0.6 is 0 Å². The third-order valence-corrected chi connectivity index (χ3v) is 6.16. The fourth-order valence-electron chi connectivity index (χ4n) is 3.12. The average Bonchev–Trinajstić information content (AvgIpc) is 2.87. The first-order chi connectivity index (χ1) is 13.6. The molecule has 2 aromatic rings. The van der Waals surface area contributed by atoms with E-state index >= 15 is 0 Å². The van der Waals surface area contributed by atoms with Crippen molar-refractivity contribution in [2.24, 2.45) is 12.0 Å². The van der Waals surface area contributed by atoms with Crippen molar-refractivity contribution in [3.8, 4) is 0 Å². The molecule has 1 heterocycles. The van der Waals surface area contributed by atoms with Crippen LogP contribution in [-0.4, -0.2) is 37.2 Å². The maximum Gasteiger partial charge on any atom is 0.216 e. The minimum Gasteiger partial charge on any atom is -0.352 e. The van der Waals surface area contributed by atoms with Gasteiger partial charge in [-0.15, -0.1) is 0 Å². The molecule has 160 valence electrons. The lowest BCUT2D eigenvalue weighted by atomic mass is 10.1. The van der Waals surface area contributed by atoms with Gasteiger partial charge in [0.2, 0.25) is 10.0 Å². The van der Waals surface area contributed by atoms with Gasteiger partial charge < -0.3 is 10.6 Å². The summed E-state index contributed by atoms with van der Waals surface area (Å²) >= 11 is 0. The largest absolute Gasteiger partial charge is 0.352 e. The number of sulfonamides is 1. The normalized spacial score (nSPS) is 12.4. The van der Waals surface area contributed by atoms with Gasteiger partial charge in [0.1, 0.15) is 0 Å². The van der Waals surface area contributed by atoms with E-state index in [4.69, 9.17) is 0 Å². The number of nitrogens with one attached hydrogen (secondary N) is 3. The Labute approximate surface area is 173 Å². The van der Waals surface area contributed by atoms with Crippen molar-refractivity contribution < 1.29 is 8.42 Å². The van der Waals surface area contributed by atoms with Gasteiger partial charge in [-0.25, -0.2) is 13.1 Å². The number of rotatable bonds is 8. The second-order valence-electron chi connectivity index (χ2n) is 7.35. The fraction of sp³-hybridized carbons (Fsp3) is 0.500. The van der Waals surface area contributed by atoms with Crippen LogP contribution in [0.15, 0.2) is 29.3 Å². The molecule has 0 atom stereocenters. The summed E-state index contributed by atoms with van der Waals surface area (Å²) in [6.45, 7) is 8.73. The second kappa shape index (κ2) is 9.89. The third-order valence-electron chi connectivity index (χ3n) is 4.64. The number of aryl methyl sites for hydroxylation is 2. The molecule has 0 bridgehead atoms. The molecule has 0 amide bonds. The van der Waals surface area contributed by atoms with Crippen LogP contribution in [0.5, 0.6) is 0 Å². The van der Waals surface area contributed by atoms with Crippen LogP contribution in [0.3, 0.4) is 0 Å². The maximum atomic E-state index is 12.3. The Hall–Kier alpha value is -2.39. The van der Waals surface area contributed by atoms with Crippen LogP contribution in [-0.2, 0) is 35.9 Å². The summed E-state index contributed by atoms with van der Waals surface area (Å²) in [5.74, 6) is 0.592. The summed E-state index contributed by atoms with van der Waals surface area (Å²) in [4.78, 5) is 4.26. The Morgan fingerprint density at radius 1 is 1.14 bits per heavy atom. The van der Waals surface area contributed by atoms with Gasteiger partial charge in [0, 0.05) is 44.5 Å². The summed E-state index contributed by atoms with van der Waals surface area (Å²) < 4.78 is 29.1. The van der Waals surface area contributed by atoms with Gasteiger partial charge in [-0.05, 0) is 38.8 Å². The smallest absolute Gasteiger partial charge is 0.216 e. The van der Waals surface area contributed by atoms with E-state index in [0.29, 0.717) is 19.0 Å². The molecule has 0 aliphatic heterocycles. The predicted molar refractivity (Wildman–Crippen MR) is 117 cm³/mol. The molecule has 0 saturated carbocycles. The standard InChI is InChI=1S/C20H32N6O2S/c1-14(2)25-29(27,28)13-18-10-8-7-9-17(18)11-22-20(21-5)23-12-19-15(3)24-26(6)16(19)4/h7-10,14,25H,11-13H2,1-6H3,(H2,21,22,23). The van der Waals surface area contributed by atoms with Crippen LogP contribution < -0.4 is 15.4 Å². The molecule has 3 N–H and O–H groups in total.